The number of carbonyl (C=O) groups excluding carboxylic acids is 3. The van der Waals surface area contributed by atoms with Gasteiger partial charge in [0.1, 0.15) is 0 Å². The van der Waals surface area contributed by atoms with Crippen LogP contribution < -0.4 is 26.8 Å². The molecule has 78 heavy (non-hydrogen) atoms. The molecule has 3 amide bonds. The molecule has 24 nitrogen and oxygen atoms in total. The third-order valence-corrected chi connectivity index (χ3v) is 14.7. The molecule has 3 atom stereocenters. The summed E-state index contributed by atoms with van der Waals surface area (Å²) in [5, 5.41) is 22.8. The summed E-state index contributed by atoms with van der Waals surface area (Å²) in [7, 11) is -2.49. The number of nitrogens with two attached hydrogens (primary N) is 2. The van der Waals surface area contributed by atoms with Gasteiger partial charge in [0, 0.05) is 52.3 Å². The summed E-state index contributed by atoms with van der Waals surface area (Å²) in [4.78, 5) is 64.6. The van der Waals surface area contributed by atoms with Gasteiger partial charge in [-0.3, -0.25) is 30.3 Å². The third-order valence-electron chi connectivity index (χ3n) is 10.3. The first-order chi connectivity index (χ1) is 37.3. The molecule has 33 heteroatoms. The van der Waals surface area contributed by atoms with Gasteiger partial charge in [-0.05, 0) is 36.4 Å². The predicted molar refractivity (Wildman–Crippen MR) is 281 cm³/mol. The van der Waals surface area contributed by atoms with Gasteiger partial charge in [0.2, 0.25) is 10.0 Å². The molecule has 3 aromatic carbocycles. The van der Waals surface area contributed by atoms with Crippen LogP contribution in [0.2, 0.25) is 0 Å². The number of thiazole rings is 3. The number of rotatable bonds is 17. The molecule has 3 aliphatic heterocycles. The molecule has 0 bridgehead atoms. The summed E-state index contributed by atoms with van der Waals surface area (Å²) >= 11 is 2.04. The van der Waals surface area contributed by atoms with E-state index in [4.69, 9.17) is 50.3 Å². The lowest BCUT2D eigenvalue weighted by atomic mass is 10.1. The van der Waals surface area contributed by atoms with Crippen molar-refractivity contribution in [2.45, 2.75) is 47.4 Å². The van der Waals surface area contributed by atoms with Gasteiger partial charge in [0.05, 0.1) is 68.0 Å². The van der Waals surface area contributed by atoms with Crippen LogP contribution in [0.5, 0.6) is 0 Å². The summed E-state index contributed by atoms with van der Waals surface area (Å²) in [6.45, 7) is 2.78. The molecule has 3 aliphatic rings. The molecule has 9 rings (SSSR count). The Hall–Kier alpha value is -7.01. The van der Waals surface area contributed by atoms with Gasteiger partial charge in [-0.1, -0.05) is 85.9 Å². The van der Waals surface area contributed by atoms with Gasteiger partial charge in [-0.2, -0.15) is 13.2 Å². The first-order valence-electron chi connectivity index (χ1n) is 22.5. The van der Waals surface area contributed by atoms with E-state index in [0.29, 0.717) is 92.8 Å². The fourth-order valence-electron chi connectivity index (χ4n) is 6.47. The standard InChI is InChI=1S/C15H13ClFN3O5S2.C15H15FN4O5S2.C15H15FN4O3S/c16-27(22,23)11-3-1-9(2-4-11)13(20-25-10-5-6-24-8-10)14(21)19-15-18-7-12(17)26-15;16-12-7-18-15(26-12)19-14(21)13(20-25-10-5-6-24-8-10)9-1-3-11(4-2-9)27(17,22)23;16-12-7-18-15(24-12)19-14(21)13(9-1-3-10(17)4-2-9)20-23-11-5-6-22-8-11/h1-4,7,10H,5-6,8H2,(H,18,19,21);1-4,7,10H,5-6,8H2,(H2,17,22,23)(H,18,19,21);1-4,7,11H,5-6,8,17H2,(H,18,19,21)/b3*20-13+/t2*10-;11-/m111/s1. The summed E-state index contributed by atoms with van der Waals surface area (Å²) in [6, 6.07) is 17.1. The molecule has 7 N–H and O–H groups in total. The van der Waals surface area contributed by atoms with Gasteiger partial charge in [0.25, 0.3) is 26.8 Å². The molecule has 6 aromatic rings. The molecule has 0 radical (unpaired) electrons. The van der Waals surface area contributed by atoms with E-state index in [0.717, 1.165) is 29.9 Å². The zero-order valence-electron chi connectivity index (χ0n) is 40.0. The van der Waals surface area contributed by atoms with Crippen LogP contribution in [0.15, 0.2) is 117 Å². The van der Waals surface area contributed by atoms with Crippen LogP contribution in [-0.4, -0.2) is 125 Å². The molecule has 0 unspecified atom stereocenters. The zero-order valence-corrected chi connectivity index (χ0v) is 44.8. The number of hydrogen-bond donors (Lipinski definition) is 5. The van der Waals surface area contributed by atoms with E-state index in [9.17, 15) is 44.4 Å². The summed E-state index contributed by atoms with van der Waals surface area (Å²) < 4.78 is 100. The molecule has 0 aliphatic carbocycles. The molecule has 6 heterocycles. The van der Waals surface area contributed by atoms with Gasteiger partial charge >= 0.3 is 0 Å². The van der Waals surface area contributed by atoms with E-state index in [1.54, 1.807) is 24.3 Å². The normalized spacial score (nSPS) is 17.7. The number of anilines is 4. The Bertz CT molecular complexity index is 3190. The van der Waals surface area contributed by atoms with Crippen molar-refractivity contribution in [1.82, 2.24) is 15.0 Å². The number of amides is 3. The highest BCUT2D eigenvalue weighted by molar-refractivity contribution is 8.13. The first-order valence-corrected chi connectivity index (χ1v) is 28.8. The van der Waals surface area contributed by atoms with Crippen LogP contribution in [0, 0.1) is 15.4 Å². The number of hydrogen-bond acceptors (Lipinski definition) is 23. The van der Waals surface area contributed by atoms with Crippen LogP contribution in [0.25, 0.3) is 0 Å². The highest BCUT2D eigenvalue weighted by atomic mass is 35.7. The van der Waals surface area contributed by atoms with Crippen LogP contribution in [0.3, 0.4) is 0 Å². The molecular formula is C45H43ClF3N11O13S5. The highest BCUT2D eigenvalue weighted by Gasteiger charge is 2.25. The Balaban J connectivity index is 0.000000170. The number of benzene rings is 3. The minimum absolute atomic E-state index is 0.0503. The largest absolute Gasteiger partial charge is 0.399 e. The second kappa shape index (κ2) is 27.5. The zero-order chi connectivity index (χ0) is 55.8. The van der Waals surface area contributed by atoms with Crippen LogP contribution in [0.1, 0.15) is 36.0 Å². The quantitative estimate of drug-likeness (QED) is 0.0328. The SMILES string of the molecule is NS(=O)(=O)c1ccc(/C(=N\O[C@@H]2CCOC2)C(=O)Nc2ncc(F)s2)cc1.Nc1ccc(/C(=N\O[C@@H]2CCOC2)C(=O)Nc2ncc(F)s2)cc1.O=C(Nc1ncc(F)s1)/C(=N/O[C@@H]1CCOC1)c1ccc(S(=O)(=O)Cl)cc1. The molecule has 0 spiro atoms. The molecule has 3 saturated heterocycles. The lowest BCUT2D eigenvalue weighted by Crippen LogP contribution is -2.25. The fraction of sp³-hybridized carbons (Fsp3) is 0.267. The second-order valence-electron chi connectivity index (χ2n) is 16.0. The number of nitrogens with one attached hydrogen (secondary N) is 3. The number of halogens is 4. The molecule has 3 fully saturated rings. The number of carbonyl (C=O) groups is 3. The molecule has 414 valence electrons. The van der Waals surface area contributed by atoms with E-state index in [-0.39, 0.29) is 71.8 Å². The van der Waals surface area contributed by atoms with Gasteiger partial charge in [-0.15, -0.1) is 0 Å². The van der Waals surface area contributed by atoms with Crippen LogP contribution in [-0.2, 0) is 62.2 Å². The van der Waals surface area contributed by atoms with E-state index in [1.807, 2.05) is 0 Å². The minimum Gasteiger partial charge on any atom is -0.399 e. The third kappa shape index (κ3) is 17.8. The van der Waals surface area contributed by atoms with E-state index < -0.39 is 52.2 Å². The predicted octanol–water partition coefficient (Wildman–Crippen LogP) is 5.45. The maximum Gasteiger partial charge on any atom is 0.280 e. The lowest BCUT2D eigenvalue weighted by Gasteiger charge is -2.10. The van der Waals surface area contributed by atoms with Gasteiger partial charge < -0.3 is 34.5 Å². The van der Waals surface area contributed by atoms with Crippen molar-refractivity contribution >= 4 is 120 Å². The van der Waals surface area contributed by atoms with Gasteiger partial charge in [-0.25, -0.2) is 36.9 Å². The van der Waals surface area contributed by atoms with Crippen molar-refractivity contribution in [2.75, 3.05) is 61.3 Å². The van der Waals surface area contributed by atoms with E-state index in [1.165, 1.54) is 48.5 Å². The van der Waals surface area contributed by atoms with Crippen molar-refractivity contribution in [1.29, 1.82) is 0 Å². The van der Waals surface area contributed by atoms with Crippen molar-refractivity contribution < 1.29 is 73.1 Å². The van der Waals surface area contributed by atoms with Gasteiger partial charge in [0.15, 0.2) is 66.2 Å². The fourth-order valence-corrected chi connectivity index (χ4v) is 9.37. The molecule has 3 aromatic heterocycles. The average Bonchev–Trinajstić information content (AvgIpc) is 4.29. The first kappa shape index (κ1) is 58.7. The number of ether oxygens (including phenoxy) is 3. The maximum absolute atomic E-state index is 13.1. The Labute approximate surface area is 458 Å². The van der Waals surface area contributed by atoms with E-state index >= 15 is 0 Å². The monoisotopic (exact) mass is 1200 g/mol. The van der Waals surface area contributed by atoms with Crippen LogP contribution in [0.4, 0.5) is 34.3 Å². The average molecular weight is 1200 g/mol. The van der Waals surface area contributed by atoms with Crippen molar-refractivity contribution in [3.63, 3.8) is 0 Å². The Morgan fingerprint density at radius 1 is 0.551 bits per heavy atom. The smallest absolute Gasteiger partial charge is 0.280 e. The number of oxime groups is 3. The number of aromatic nitrogens is 3. The van der Waals surface area contributed by atoms with Crippen molar-refractivity contribution in [2.24, 2.45) is 20.6 Å². The Kier molecular flexibility index (Phi) is 20.7. The topological polar surface area (TPSA) is 339 Å². The minimum atomic E-state index is -3.90. The van der Waals surface area contributed by atoms with Crippen LogP contribution >= 0.6 is 44.7 Å². The summed E-state index contributed by atoms with van der Waals surface area (Å²) in [5.41, 5.74) is 7.12. The molecule has 0 saturated carbocycles. The molecular weight excluding hydrogens is 1160 g/mol. The lowest BCUT2D eigenvalue weighted by molar-refractivity contribution is -0.111. The van der Waals surface area contributed by atoms with Crippen molar-refractivity contribution in [3.8, 4) is 0 Å². The number of nitrogens with zero attached hydrogens (tertiary/aromatic N) is 6. The van der Waals surface area contributed by atoms with Crippen molar-refractivity contribution in [3.05, 3.63) is 123 Å². The Morgan fingerprint density at radius 2 is 0.859 bits per heavy atom. The maximum atomic E-state index is 13.1. The number of sulfonamides is 1. The summed E-state index contributed by atoms with van der Waals surface area (Å²) in [5.74, 6) is -1.93. The Morgan fingerprint density at radius 3 is 1.12 bits per heavy atom. The second-order valence-corrected chi connectivity index (χ2v) is 23.1. The number of primary sulfonamides is 1. The highest BCUT2D eigenvalue weighted by Crippen LogP contribution is 2.22. The number of nitrogen functional groups attached to an aromatic ring is 1. The summed E-state index contributed by atoms with van der Waals surface area (Å²) in [6.07, 6.45) is 4.15. The van der Waals surface area contributed by atoms with E-state index in [2.05, 4.69) is 46.4 Å².